The Morgan fingerprint density at radius 3 is 2.68 bits per heavy atom. The van der Waals surface area contributed by atoms with E-state index >= 15 is 0 Å². The lowest BCUT2D eigenvalue weighted by molar-refractivity contribution is 0.0333. The molecule has 1 aromatic carbocycles. The van der Waals surface area contributed by atoms with E-state index in [-0.39, 0.29) is 18.1 Å². The van der Waals surface area contributed by atoms with Crippen LogP contribution in [-0.4, -0.2) is 45.5 Å². The van der Waals surface area contributed by atoms with Gasteiger partial charge in [0, 0.05) is 26.1 Å². The molecule has 1 aliphatic heterocycles. The molecule has 0 unspecified atom stereocenters. The van der Waals surface area contributed by atoms with E-state index < -0.39 is 0 Å². The van der Waals surface area contributed by atoms with Crippen molar-refractivity contribution in [3.63, 3.8) is 0 Å². The average Bonchev–Trinajstić information content (AvgIpc) is 2.86. The van der Waals surface area contributed by atoms with Gasteiger partial charge in [-0.05, 0) is 24.3 Å². The molecule has 0 amide bonds. The summed E-state index contributed by atoms with van der Waals surface area (Å²) in [6.07, 6.45) is 0.699. The van der Waals surface area contributed by atoms with Crippen molar-refractivity contribution in [1.29, 1.82) is 0 Å². The molecule has 0 radical (unpaired) electrons. The molecule has 0 bridgehead atoms. The summed E-state index contributed by atoms with van der Waals surface area (Å²) in [6, 6.07) is 7.17. The van der Waals surface area contributed by atoms with E-state index in [9.17, 15) is 4.79 Å². The van der Waals surface area contributed by atoms with Gasteiger partial charge in [0.1, 0.15) is 11.9 Å². The molecule has 19 heavy (non-hydrogen) atoms. The van der Waals surface area contributed by atoms with Gasteiger partial charge >= 0.3 is 5.97 Å². The van der Waals surface area contributed by atoms with Crippen molar-refractivity contribution < 1.29 is 19.0 Å². The number of esters is 1. The second-order valence-electron chi connectivity index (χ2n) is 4.55. The van der Waals surface area contributed by atoms with Crippen LogP contribution < -0.4 is 10.1 Å². The fourth-order valence-electron chi connectivity index (χ4n) is 2.15. The second kappa shape index (κ2) is 6.54. The smallest absolute Gasteiger partial charge is 0.338 e. The molecule has 0 aromatic heterocycles. The highest BCUT2D eigenvalue weighted by Crippen LogP contribution is 2.16. The first kappa shape index (κ1) is 13.8. The van der Waals surface area contributed by atoms with Gasteiger partial charge < -0.3 is 19.5 Å². The van der Waals surface area contributed by atoms with Crippen LogP contribution in [0.1, 0.15) is 16.8 Å². The molecule has 1 fully saturated rings. The van der Waals surface area contributed by atoms with Gasteiger partial charge in [-0.2, -0.15) is 0 Å². The summed E-state index contributed by atoms with van der Waals surface area (Å²) < 4.78 is 15.6. The fraction of sp³-hybridized carbons (Fsp3) is 0.500. The maximum atomic E-state index is 11.9. The highest BCUT2D eigenvalue weighted by Gasteiger charge is 2.27. The lowest BCUT2D eigenvalue weighted by Crippen LogP contribution is -2.26. The van der Waals surface area contributed by atoms with Crippen molar-refractivity contribution >= 4 is 5.97 Å². The van der Waals surface area contributed by atoms with E-state index in [0.717, 1.165) is 12.2 Å². The second-order valence-corrected chi connectivity index (χ2v) is 4.55. The van der Waals surface area contributed by atoms with Gasteiger partial charge in [0.05, 0.1) is 19.3 Å². The van der Waals surface area contributed by atoms with Crippen LogP contribution in [0.2, 0.25) is 0 Å². The Labute approximate surface area is 112 Å². The number of methoxy groups -OCH3 is 2. The summed E-state index contributed by atoms with van der Waals surface area (Å²) in [7, 11) is 3.26. The van der Waals surface area contributed by atoms with Gasteiger partial charge in [-0.25, -0.2) is 4.79 Å². The number of benzene rings is 1. The van der Waals surface area contributed by atoms with Crippen LogP contribution in [0.25, 0.3) is 0 Å². The largest absolute Gasteiger partial charge is 0.497 e. The summed E-state index contributed by atoms with van der Waals surface area (Å²) in [6.45, 7) is 1.31. The Balaban J connectivity index is 1.87. The predicted molar refractivity (Wildman–Crippen MR) is 70.5 cm³/mol. The lowest BCUT2D eigenvalue weighted by Gasteiger charge is -2.11. The minimum absolute atomic E-state index is 0.0882. The van der Waals surface area contributed by atoms with Crippen molar-refractivity contribution in [3.8, 4) is 5.75 Å². The van der Waals surface area contributed by atoms with E-state index in [1.807, 2.05) is 0 Å². The van der Waals surface area contributed by atoms with Crippen LogP contribution in [-0.2, 0) is 9.47 Å². The van der Waals surface area contributed by atoms with Gasteiger partial charge in [-0.1, -0.05) is 0 Å². The molecular weight excluding hydrogens is 246 g/mol. The third-order valence-corrected chi connectivity index (χ3v) is 3.15. The number of ether oxygens (including phenoxy) is 3. The van der Waals surface area contributed by atoms with Crippen molar-refractivity contribution in [2.45, 2.75) is 18.6 Å². The molecule has 1 saturated heterocycles. The zero-order valence-electron chi connectivity index (χ0n) is 11.2. The minimum Gasteiger partial charge on any atom is -0.497 e. The zero-order valence-corrected chi connectivity index (χ0v) is 11.2. The molecule has 1 aromatic rings. The summed E-state index contributed by atoms with van der Waals surface area (Å²) in [5.74, 6) is 0.423. The Hall–Kier alpha value is -1.59. The predicted octanol–water partition coefficient (Wildman–Crippen LogP) is 1.23. The molecule has 5 heteroatoms. The summed E-state index contributed by atoms with van der Waals surface area (Å²) in [4.78, 5) is 11.9. The van der Waals surface area contributed by atoms with Crippen molar-refractivity contribution in [2.24, 2.45) is 0 Å². The Bertz CT molecular complexity index is 418. The number of carbonyl (C=O) groups excluding carboxylic acids is 1. The molecule has 5 nitrogen and oxygen atoms in total. The standard InChI is InChI=1S/C14H19NO4/c1-17-9-11-7-13(8-15-11)19-14(16)10-3-5-12(18-2)6-4-10/h3-6,11,13,15H,7-9H2,1-2H3/t11-,13+/m1/s1. The van der Waals surface area contributed by atoms with Crippen LogP contribution in [0.5, 0.6) is 5.75 Å². The molecule has 1 heterocycles. The molecule has 2 rings (SSSR count). The van der Waals surface area contributed by atoms with Crippen LogP contribution in [0.15, 0.2) is 24.3 Å². The van der Waals surface area contributed by atoms with Crippen molar-refractivity contribution in [3.05, 3.63) is 29.8 Å². The van der Waals surface area contributed by atoms with Crippen molar-refractivity contribution in [2.75, 3.05) is 27.4 Å². The highest BCUT2D eigenvalue weighted by molar-refractivity contribution is 5.89. The van der Waals surface area contributed by atoms with E-state index in [4.69, 9.17) is 14.2 Å². The van der Waals surface area contributed by atoms with Gasteiger partial charge in [0.25, 0.3) is 0 Å². The molecule has 104 valence electrons. The Morgan fingerprint density at radius 2 is 2.05 bits per heavy atom. The van der Waals surface area contributed by atoms with E-state index in [2.05, 4.69) is 5.32 Å². The van der Waals surface area contributed by atoms with Crippen LogP contribution in [0, 0.1) is 0 Å². The van der Waals surface area contributed by atoms with E-state index in [1.54, 1.807) is 38.5 Å². The van der Waals surface area contributed by atoms with Gasteiger partial charge in [-0.15, -0.1) is 0 Å². The highest BCUT2D eigenvalue weighted by atomic mass is 16.5. The molecule has 0 saturated carbocycles. The molecule has 0 aliphatic carbocycles. The first-order chi connectivity index (χ1) is 9.22. The molecule has 2 atom stereocenters. The molecule has 1 N–H and O–H groups in total. The number of carbonyl (C=O) groups is 1. The number of nitrogens with one attached hydrogen (secondary N) is 1. The normalized spacial score (nSPS) is 22.2. The number of hydrogen-bond donors (Lipinski definition) is 1. The Morgan fingerprint density at radius 1 is 1.32 bits per heavy atom. The maximum Gasteiger partial charge on any atom is 0.338 e. The molecule has 0 spiro atoms. The SMILES string of the molecule is COC[C@H]1C[C@H](OC(=O)c2ccc(OC)cc2)CN1. The zero-order chi connectivity index (χ0) is 13.7. The van der Waals surface area contributed by atoms with Gasteiger partial charge in [0.2, 0.25) is 0 Å². The fourth-order valence-corrected chi connectivity index (χ4v) is 2.15. The summed E-state index contributed by atoms with van der Waals surface area (Å²) in [5, 5.41) is 3.26. The first-order valence-corrected chi connectivity index (χ1v) is 6.30. The number of hydrogen-bond acceptors (Lipinski definition) is 5. The third kappa shape index (κ3) is 3.68. The quantitative estimate of drug-likeness (QED) is 0.811. The molecular formula is C14H19NO4. The van der Waals surface area contributed by atoms with Crippen LogP contribution in [0.4, 0.5) is 0 Å². The topological polar surface area (TPSA) is 56.8 Å². The van der Waals surface area contributed by atoms with Crippen LogP contribution >= 0.6 is 0 Å². The Kier molecular flexibility index (Phi) is 4.76. The summed E-state index contributed by atoms with van der Waals surface area (Å²) >= 11 is 0. The summed E-state index contributed by atoms with van der Waals surface area (Å²) in [5.41, 5.74) is 0.538. The molecule has 1 aliphatic rings. The third-order valence-electron chi connectivity index (χ3n) is 3.15. The van der Waals surface area contributed by atoms with Crippen molar-refractivity contribution in [1.82, 2.24) is 5.32 Å². The average molecular weight is 265 g/mol. The van der Waals surface area contributed by atoms with Gasteiger partial charge in [0.15, 0.2) is 0 Å². The number of rotatable bonds is 5. The van der Waals surface area contributed by atoms with E-state index in [1.165, 1.54) is 0 Å². The minimum atomic E-state index is -0.299. The van der Waals surface area contributed by atoms with Gasteiger partial charge in [-0.3, -0.25) is 0 Å². The first-order valence-electron chi connectivity index (χ1n) is 6.30. The van der Waals surface area contributed by atoms with E-state index in [0.29, 0.717) is 18.7 Å². The lowest BCUT2D eigenvalue weighted by atomic mass is 10.2. The maximum absolute atomic E-state index is 11.9. The van der Waals surface area contributed by atoms with Crippen LogP contribution in [0.3, 0.4) is 0 Å². The monoisotopic (exact) mass is 265 g/mol.